The van der Waals surface area contributed by atoms with E-state index in [0.29, 0.717) is 11.6 Å². The van der Waals surface area contributed by atoms with Gasteiger partial charge >= 0.3 is 0 Å². The Hall–Kier alpha value is -2.15. The van der Waals surface area contributed by atoms with Gasteiger partial charge in [0.25, 0.3) is 5.56 Å². The lowest BCUT2D eigenvalue weighted by molar-refractivity contribution is -0.116. The predicted octanol–water partition coefficient (Wildman–Crippen LogP) is 2.19. The zero-order valence-corrected chi connectivity index (χ0v) is 14.0. The molecule has 24 heavy (non-hydrogen) atoms. The zero-order valence-electron chi connectivity index (χ0n) is 13.2. The Kier molecular flexibility index (Phi) is 4.10. The molecule has 0 spiro atoms. The Balaban J connectivity index is 1.56. The first-order valence-corrected chi connectivity index (χ1v) is 9.19. The summed E-state index contributed by atoms with van der Waals surface area (Å²) in [6, 6.07) is 5.23. The van der Waals surface area contributed by atoms with Crippen LogP contribution in [0.1, 0.15) is 36.6 Å². The molecule has 0 aromatic carbocycles. The molecule has 7 heteroatoms. The molecule has 4 rings (SSSR count). The molecule has 1 unspecified atom stereocenters. The number of fused-ring (bicyclic) bond motifs is 2. The van der Waals surface area contributed by atoms with Gasteiger partial charge in [-0.2, -0.15) is 0 Å². The lowest BCUT2D eigenvalue weighted by Crippen LogP contribution is -2.32. The summed E-state index contributed by atoms with van der Waals surface area (Å²) in [6.07, 6.45) is 5.74. The van der Waals surface area contributed by atoms with E-state index >= 15 is 0 Å². The van der Waals surface area contributed by atoms with Gasteiger partial charge in [-0.3, -0.25) is 14.2 Å². The maximum absolute atomic E-state index is 12.8. The van der Waals surface area contributed by atoms with Gasteiger partial charge in [0.1, 0.15) is 5.82 Å². The summed E-state index contributed by atoms with van der Waals surface area (Å²) in [5.41, 5.74) is 1.86. The van der Waals surface area contributed by atoms with Gasteiger partial charge in [0, 0.05) is 23.9 Å². The molecule has 0 saturated carbocycles. The van der Waals surface area contributed by atoms with E-state index in [0.717, 1.165) is 42.1 Å². The summed E-state index contributed by atoms with van der Waals surface area (Å²) < 4.78 is 1.73. The SMILES string of the molecule is O=C(CC1CSc2nc3c(c(=O)n21)CCCC3)Nc1ccccn1. The van der Waals surface area contributed by atoms with Crippen molar-refractivity contribution >= 4 is 23.5 Å². The van der Waals surface area contributed by atoms with E-state index < -0.39 is 0 Å². The van der Waals surface area contributed by atoms with Crippen LogP contribution in [0.4, 0.5) is 5.82 Å². The maximum Gasteiger partial charge on any atom is 0.257 e. The van der Waals surface area contributed by atoms with Crippen LogP contribution < -0.4 is 10.9 Å². The lowest BCUT2D eigenvalue weighted by atomic mass is 9.97. The number of hydrogen-bond acceptors (Lipinski definition) is 5. The average Bonchev–Trinajstić information content (AvgIpc) is 2.99. The minimum Gasteiger partial charge on any atom is -0.311 e. The van der Waals surface area contributed by atoms with Crippen LogP contribution in [0.15, 0.2) is 34.3 Å². The van der Waals surface area contributed by atoms with Crippen molar-refractivity contribution < 1.29 is 4.79 Å². The standard InChI is InChI=1S/C17H18N4O2S/c22-15(20-14-7-3-4-8-18-14)9-11-10-24-17-19-13-6-2-1-5-12(13)16(23)21(11)17/h3-4,7-8,11H,1-2,5-6,9-10H2,(H,18,20,22). The lowest BCUT2D eigenvalue weighted by Gasteiger charge is -2.18. The summed E-state index contributed by atoms with van der Waals surface area (Å²) in [5.74, 6) is 1.11. The molecule has 124 valence electrons. The average molecular weight is 342 g/mol. The number of pyridine rings is 1. The summed E-state index contributed by atoms with van der Waals surface area (Å²) in [7, 11) is 0. The van der Waals surface area contributed by atoms with Gasteiger partial charge in [0.05, 0.1) is 11.7 Å². The number of thioether (sulfide) groups is 1. The first-order valence-electron chi connectivity index (χ1n) is 8.20. The van der Waals surface area contributed by atoms with Gasteiger partial charge in [-0.15, -0.1) is 0 Å². The second kappa shape index (κ2) is 6.39. The second-order valence-electron chi connectivity index (χ2n) is 6.13. The minimum atomic E-state index is -0.138. The van der Waals surface area contributed by atoms with Gasteiger partial charge in [-0.1, -0.05) is 17.8 Å². The number of nitrogens with zero attached hydrogens (tertiary/aromatic N) is 3. The van der Waals surface area contributed by atoms with E-state index in [9.17, 15) is 9.59 Å². The van der Waals surface area contributed by atoms with Crippen LogP contribution in [-0.4, -0.2) is 26.2 Å². The van der Waals surface area contributed by atoms with Crippen LogP contribution >= 0.6 is 11.8 Å². The highest BCUT2D eigenvalue weighted by molar-refractivity contribution is 7.99. The quantitative estimate of drug-likeness (QED) is 0.865. The second-order valence-corrected chi connectivity index (χ2v) is 7.12. The Morgan fingerprint density at radius 2 is 2.21 bits per heavy atom. The molecule has 1 amide bonds. The highest BCUT2D eigenvalue weighted by Gasteiger charge is 2.30. The van der Waals surface area contributed by atoms with Crippen molar-refractivity contribution in [3.8, 4) is 0 Å². The van der Waals surface area contributed by atoms with Crippen molar-refractivity contribution in [3.05, 3.63) is 46.0 Å². The fraction of sp³-hybridized carbons (Fsp3) is 0.412. The highest BCUT2D eigenvalue weighted by atomic mass is 32.2. The summed E-state index contributed by atoms with van der Waals surface area (Å²) in [4.78, 5) is 33.9. The van der Waals surface area contributed by atoms with Crippen molar-refractivity contribution in [2.75, 3.05) is 11.1 Å². The van der Waals surface area contributed by atoms with Crippen molar-refractivity contribution in [1.82, 2.24) is 14.5 Å². The number of hydrogen-bond donors (Lipinski definition) is 1. The predicted molar refractivity (Wildman–Crippen MR) is 92.4 cm³/mol. The van der Waals surface area contributed by atoms with Crippen molar-refractivity contribution in [3.63, 3.8) is 0 Å². The molecular formula is C17H18N4O2S. The van der Waals surface area contributed by atoms with Gasteiger partial charge in [0.15, 0.2) is 5.16 Å². The highest BCUT2D eigenvalue weighted by Crippen LogP contribution is 2.33. The number of carbonyl (C=O) groups excluding carboxylic acids is 1. The van der Waals surface area contributed by atoms with Gasteiger partial charge < -0.3 is 5.32 Å². The molecule has 1 atom stereocenters. The molecule has 2 aromatic rings. The van der Waals surface area contributed by atoms with E-state index in [-0.39, 0.29) is 23.9 Å². The first kappa shape index (κ1) is 15.4. The van der Waals surface area contributed by atoms with Gasteiger partial charge in [-0.25, -0.2) is 9.97 Å². The number of nitrogens with one attached hydrogen (secondary N) is 1. The summed E-state index contributed by atoms with van der Waals surface area (Å²) in [6.45, 7) is 0. The third kappa shape index (κ3) is 2.84. The van der Waals surface area contributed by atoms with Crippen LogP contribution in [0.5, 0.6) is 0 Å². The number of aryl methyl sites for hydroxylation is 1. The summed E-state index contributed by atoms with van der Waals surface area (Å²) in [5, 5.41) is 3.55. The van der Waals surface area contributed by atoms with Gasteiger partial charge in [0.2, 0.25) is 5.91 Å². The fourth-order valence-electron chi connectivity index (χ4n) is 3.31. The molecule has 6 nitrogen and oxygen atoms in total. The van der Waals surface area contributed by atoms with Crippen molar-refractivity contribution in [1.29, 1.82) is 0 Å². The third-order valence-electron chi connectivity index (χ3n) is 4.48. The molecule has 1 aliphatic carbocycles. The van der Waals surface area contributed by atoms with Crippen LogP contribution in [0.25, 0.3) is 0 Å². The molecule has 0 fully saturated rings. The van der Waals surface area contributed by atoms with Crippen molar-refractivity contribution in [2.45, 2.75) is 43.3 Å². The zero-order chi connectivity index (χ0) is 16.5. The van der Waals surface area contributed by atoms with Crippen LogP contribution in [0.3, 0.4) is 0 Å². The fourth-order valence-corrected chi connectivity index (χ4v) is 4.46. The number of amides is 1. The Bertz CT molecular complexity index is 834. The molecule has 0 saturated heterocycles. The molecule has 2 aliphatic rings. The van der Waals surface area contributed by atoms with Gasteiger partial charge in [-0.05, 0) is 37.8 Å². The Labute approximate surface area is 143 Å². The number of anilines is 1. The van der Waals surface area contributed by atoms with E-state index in [1.165, 1.54) is 0 Å². The normalized spacial score (nSPS) is 18.8. The molecule has 2 aromatic heterocycles. The van der Waals surface area contributed by atoms with Crippen molar-refractivity contribution in [2.24, 2.45) is 0 Å². The molecule has 0 bridgehead atoms. The van der Waals surface area contributed by atoms with Crippen LogP contribution in [0.2, 0.25) is 0 Å². The van der Waals surface area contributed by atoms with E-state index in [1.807, 2.05) is 6.07 Å². The molecule has 1 N–H and O–H groups in total. The maximum atomic E-state index is 12.8. The number of carbonyl (C=O) groups is 1. The minimum absolute atomic E-state index is 0.0512. The van der Waals surface area contributed by atoms with Crippen LogP contribution in [-0.2, 0) is 17.6 Å². The molecular weight excluding hydrogens is 324 g/mol. The number of aromatic nitrogens is 3. The Morgan fingerprint density at radius 3 is 3.04 bits per heavy atom. The third-order valence-corrected chi connectivity index (χ3v) is 5.57. The van der Waals surface area contributed by atoms with E-state index in [2.05, 4.69) is 15.3 Å². The van der Waals surface area contributed by atoms with E-state index in [4.69, 9.17) is 0 Å². The molecule has 3 heterocycles. The van der Waals surface area contributed by atoms with Crippen LogP contribution in [0, 0.1) is 0 Å². The monoisotopic (exact) mass is 342 g/mol. The Morgan fingerprint density at radius 1 is 1.33 bits per heavy atom. The smallest absolute Gasteiger partial charge is 0.257 e. The summed E-state index contributed by atoms with van der Waals surface area (Å²) >= 11 is 1.57. The molecule has 0 radical (unpaired) electrons. The van der Waals surface area contributed by atoms with E-state index in [1.54, 1.807) is 34.7 Å². The topological polar surface area (TPSA) is 76.9 Å². The number of rotatable bonds is 3. The largest absolute Gasteiger partial charge is 0.311 e. The molecule has 1 aliphatic heterocycles. The first-order chi connectivity index (χ1) is 11.7.